The maximum Gasteiger partial charge on any atom is 0.157 e. The zero-order valence-electron chi connectivity index (χ0n) is 8.32. The van der Waals surface area contributed by atoms with Gasteiger partial charge in [-0.3, -0.25) is 0 Å². The molecule has 0 aliphatic rings. The van der Waals surface area contributed by atoms with Crippen molar-refractivity contribution in [1.82, 2.24) is 5.32 Å². The van der Waals surface area contributed by atoms with E-state index in [0.29, 0.717) is 6.61 Å². The van der Waals surface area contributed by atoms with E-state index in [1.54, 1.807) is 13.2 Å². The maximum absolute atomic E-state index is 9.29. The van der Waals surface area contributed by atoms with Gasteiger partial charge in [-0.25, -0.2) is 0 Å². The standard InChI is InChI=1S/C10H15NO3/c1-11-8(6-14-2)7-3-4-9(12)10(13)5-7/h3-5,8,11-13H,6H2,1-2H3. The summed E-state index contributed by atoms with van der Waals surface area (Å²) in [6.45, 7) is 0.515. The first kappa shape index (κ1) is 10.8. The third-order valence-corrected chi connectivity index (χ3v) is 2.08. The summed E-state index contributed by atoms with van der Waals surface area (Å²) in [6, 6.07) is 4.75. The summed E-state index contributed by atoms with van der Waals surface area (Å²) in [5, 5.41) is 21.5. The fourth-order valence-electron chi connectivity index (χ4n) is 1.27. The van der Waals surface area contributed by atoms with Gasteiger partial charge in [-0.2, -0.15) is 0 Å². The van der Waals surface area contributed by atoms with E-state index in [9.17, 15) is 5.11 Å². The molecule has 0 aromatic heterocycles. The van der Waals surface area contributed by atoms with E-state index >= 15 is 0 Å². The van der Waals surface area contributed by atoms with Gasteiger partial charge in [0.1, 0.15) is 0 Å². The SMILES string of the molecule is CNC(COC)c1ccc(O)c(O)c1. The van der Waals surface area contributed by atoms with Gasteiger partial charge in [0.2, 0.25) is 0 Å². The van der Waals surface area contributed by atoms with Crippen molar-refractivity contribution < 1.29 is 14.9 Å². The number of hydrogen-bond acceptors (Lipinski definition) is 4. The molecule has 1 aromatic rings. The van der Waals surface area contributed by atoms with Crippen molar-refractivity contribution in [2.24, 2.45) is 0 Å². The Morgan fingerprint density at radius 3 is 2.57 bits per heavy atom. The van der Waals surface area contributed by atoms with Crippen molar-refractivity contribution in [3.8, 4) is 11.5 Å². The molecule has 14 heavy (non-hydrogen) atoms. The van der Waals surface area contributed by atoms with Crippen LogP contribution in [-0.4, -0.2) is 31.0 Å². The lowest BCUT2D eigenvalue weighted by molar-refractivity contribution is 0.170. The molecule has 0 radical (unpaired) electrons. The zero-order valence-corrected chi connectivity index (χ0v) is 8.32. The van der Waals surface area contributed by atoms with Crippen LogP contribution in [0.3, 0.4) is 0 Å². The van der Waals surface area contributed by atoms with E-state index in [4.69, 9.17) is 9.84 Å². The molecule has 0 spiro atoms. The molecular formula is C10H15NO3. The van der Waals surface area contributed by atoms with Crippen LogP contribution in [0.5, 0.6) is 11.5 Å². The normalized spacial score (nSPS) is 12.7. The minimum atomic E-state index is -0.112. The first-order chi connectivity index (χ1) is 6.69. The zero-order chi connectivity index (χ0) is 10.6. The number of hydrogen-bond donors (Lipinski definition) is 3. The lowest BCUT2D eigenvalue weighted by Gasteiger charge is -2.15. The van der Waals surface area contributed by atoms with Crippen LogP contribution in [0.2, 0.25) is 0 Å². The molecule has 4 nitrogen and oxygen atoms in total. The second kappa shape index (κ2) is 4.83. The number of phenols is 2. The fraction of sp³-hybridized carbons (Fsp3) is 0.400. The van der Waals surface area contributed by atoms with Crippen LogP contribution in [0.4, 0.5) is 0 Å². The molecule has 1 rings (SSSR count). The summed E-state index contributed by atoms with van der Waals surface area (Å²) < 4.78 is 5.01. The van der Waals surface area contributed by atoms with Crippen LogP contribution in [0, 0.1) is 0 Å². The van der Waals surface area contributed by atoms with Gasteiger partial charge in [-0.05, 0) is 24.7 Å². The van der Waals surface area contributed by atoms with Gasteiger partial charge in [0.25, 0.3) is 0 Å². The summed E-state index contributed by atoms with van der Waals surface area (Å²) in [6.07, 6.45) is 0. The van der Waals surface area contributed by atoms with E-state index in [1.807, 2.05) is 7.05 Å². The second-order valence-corrected chi connectivity index (χ2v) is 3.04. The third kappa shape index (κ3) is 2.37. The predicted octanol–water partition coefficient (Wildman–Crippen LogP) is 1.00. The fourth-order valence-corrected chi connectivity index (χ4v) is 1.27. The predicted molar refractivity (Wildman–Crippen MR) is 53.4 cm³/mol. The number of rotatable bonds is 4. The second-order valence-electron chi connectivity index (χ2n) is 3.04. The van der Waals surface area contributed by atoms with Gasteiger partial charge < -0.3 is 20.3 Å². The van der Waals surface area contributed by atoms with Gasteiger partial charge in [0.05, 0.1) is 12.6 Å². The highest BCUT2D eigenvalue weighted by atomic mass is 16.5. The first-order valence-corrected chi connectivity index (χ1v) is 4.37. The molecule has 1 atom stereocenters. The maximum atomic E-state index is 9.29. The molecule has 0 bridgehead atoms. The van der Waals surface area contributed by atoms with Crippen LogP contribution in [0.25, 0.3) is 0 Å². The van der Waals surface area contributed by atoms with Gasteiger partial charge in [-0.15, -0.1) is 0 Å². The number of likely N-dealkylation sites (N-methyl/N-ethyl adjacent to an activating group) is 1. The smallest absolute Gasteiger partial charge is 0.157 e. The average Bonchev–Trinajstić information content (AvgIpc) is 2.19. The van der Waals surface area contributed by atoms with Crippen LogP contribution in [-0.2, 0) is 4.74 Å². The van der Waals surface area contributed by atoms with Crippen LogP contribution < -0.4 is 5.32 Å². The summed E-state index contributed by atoms with van der Waals surface area (Å²) in [5.41, 5.74) is 0.879. The Balaban J connectivity index is 2.88. The van der Waals surface area contributed by atoms with Gasteiger partial charge >= 0.3 is 0 Å². The molecule has 78 valence electrons. The summed E-state index contributed by atoms with van der Waals surface area (Å²) >= 11 is 0. The lowest BCUT2D eigenvalue weighted by Crippen LogP contribution is -2.20. The third-order valence-electron chi connectivity index (χ3n) is 2.08. The van der Waals surface area contributed by atoms with E-state index in [1.165, 1.54) is 12.1 Å². The van der Waals surface area contributed by atoms with E-state index in [2.05, 4.69) is 5.32 Å². The van der Waals surface area contributed by atoms with Gasteiger partial charge in [0.15, 0.2) is 11.5 Å². The highest BCUT2D eigenvalue weighted by Crippen LogP contribution is 2.27. The van der Waals surface area contributed by atoms with Crippen molar-refractivity contribution in [1.29, 1.82) is 0 Å². The van der Waals surface area contributed by atoms with Crippen LogP contribution in [0.15, 0.2) is 18.2 Å². The Morgan fingerprint density at radius 2 is 2.07 bits per heavy atom. The molecule has 0 amide bonds. The summed E-state index contributed by atoms with van der Waals surface area (Å²) in [5.74, 6) is -0.222. The number of nitrogens with one attached hydrogen (secondary N) is 1. The molecule has 0 heterocycles. The molecule has 3 N–H and O–H groups in total. The van der Waals surface area contributed by atoms with E-state index in [-0.39, 0.29) is 17.5 Å². The van der Waals surface area contributed by atoms with Gasteiger partial charge in [-0.1, -0.05) is 6.07 Å². The molecule has 1 unspecified atom stereocenters. The molecule has 0 aliphatic carbocycles. The lowest BCUT2D eigenvalue weighted by atomic mass is 10.1. The number of aromatic hydroxyl groups is 2. The number of ether oxygens (including phenoxy) is 1. The molecule has 4 heteroatoms. The molecule has 0 aliphatic heterocycles. The van der Waals surface area contributed by atoms with Crippen molar-refractivity contribution >= 4 is 0 Å². The molecular weight excluding hydrogens is 182 g/mol. The average molecular weight is 197 g/mol. The Morgan fingerprint density at radius 1 is 1.36 bits per heavy atom. The highest BCUT2D eigenvalue weighted by Gasteiger charge is 2.10. The van der Waals surface area contributed by atoms with E-state index < -0.39 is 0 Å². The van der Waals surface area contributed by atoms with Crippen molar-refractivity contribution in [3.63, 3.8) is 0 Å². The molecule has 0 saturated heterocycles. The van der Waals surface area contributed by atoms with E-state index in [0.717, 1.165) is 5.56 Å². The topological polar surface area (TPSA) is 61.7 Å². The quantitative estimate of drug-likeness (QED) is 0.630. The largest absolute Gasteiger partial charge is 0.504 e. The minimum Gasteiger partial charge on any atom is -0.504 e. The minimum absolute atomic E-state index is 0.0199. The Bertz CT molecular complexity index is 301. The van der Waals surface area contributed by atoms with Crippen molar-refractivity contribution in [3.05, 3.63) is 23.8 Å². The molecule has 0 fully saturated rings. The van der Waals surface area contributed by atoms with Gasteiger partial charge in [0, 0.05) is 7.11 Å². The number of benzene rings is 1. The Kier molecular flexibility index (Phi) is 3.73. The Hall–Kier alpha value is -1.26. The Labute approximate surface area is 83.1 Å². The van der Waals surface area contributed by atoms with Crippen LogP contribution in [0.1, 0.15) is 11.6 Å². The van der Waals surface area contributed by atoms with Crippen molar-refractivity contribution in [2.75, 3.05) is 20.8 Å². The summed E-state index contributed by atoms with van der Waals surface area (Å²) in [7, 11) is 3.43. The first-order valence-electron chi connectivity index (χ1n) is 4.37. The molecule has 1 aromatic carbocycles. The van der Waals surface area contributed by atoms with Crippen molar-refractivity contribution in [2.45, 2.75) is 6.04 Å². The molecule has 0 saturated carbocycles. The highest BCUT2D eigenvalue weighted by molar-refractivity contribution is 5.41. The van der Waals surface area contributed by atoms with Crippen LogP contribution >= 0.6 is 0 Å². The number of phenolic OH excluding ortho intramolecular Hbond substituents is 2. The monoisotopic (exact) mass is 197 g/mol. The summed E-state index contributed by atoms with van der Waals surface area (Å²) in [4.78, 5) is 0. The number of methoxy groups -OCH3 is 1.